The van der Waals surface area contributed by atoms with Gasteiger partial charge in [-0.15, -0.1) is 0 Å². The molecule has 0 amide bonds. The predicted molar refractivity (Wildman–Crippen MR) is 428 cm³/mol. The zero-order chi connectivity index (χ0) is 68.7. The van der Waals surface area contributed by atoms with E-state index in [9.17, 15) is 0 Å². The van der Waals surface area contributed by atoms with Crippen molar-refractivity contribution in [1.82, 2.24) is 0 Å². The van der Waals surface area contributed by atoms with Crippen molar-refractivity contribution in [3.8, 4) is 67.1 Å². The molecule has 0 radical (unpaired) electrons. The van der Waals surface area contributed by atoms with Crippen molar-refractivity contribution in [2.45, 2.75) is 105 Å². The average Bonchev–Trinajstić information content (AvgIpc) is 0.688. The van der Waals surface area contributed by atoms with E-state index in [0.29, 0.717) is 0 Å². The average molecular weight is 1290 g/mol. The van der Waals surface area contributed by atoms with Crippen LogP contribution in [0.15, 0.2) is 285 Å². The zero-order valence-electron chi connectivity index (χ0n) is 59.5. The Kier molecular flexibility index (Phi) is 14.7. The quantitative estimate of drug-likeness (QED) is 0.141. The molecular formula is C94H83B2N3O. The summed E-state index contributed by atoms with van der Waals surface area (Å²) in [7, 11) is 0. The van der Waals surface area contributed by atoms with Gasteiger partial charge in [-0.2, -0.15) is 0 Å². The van der Waals surface area contributed by atoms with Gasteiger partial charge in [0.2, 0.25) is 0 Å². The predicted octanol–water partition coefficient (Wildman–Crippen LogP) is 21.7. The van der Waals surface area contributed by atoms with Crippen LogP contribution < -0.4 is 52.2 Å². The van der Waals surface area contributed by atoms with Crippen LogP contribution in [-0.4, -0.2) is 13.4 Å². The molecule has 13 aromatic carbocycles. The highest BCUT2D eigenvalue weighted by Crippen LogP contribution is 2.55. The number of anilines is 9. The van der Waals surface area contributed by atoms with Crippen LogP contribution in [0.3, 0.4) is 0 Å². The molecule has 4 aliphatic heterocycles. The monoisotopic (exact) mass is 1290 g/mol. The number of nitrogens with zero attached hydrogens (tertiary/aromatic N) is 3. The normalized spacial score (nSPS) is 13.6. The van der Waals surface area contributed by atoms with Crippen molar-refractivity contribution in [1.29, 1.82) is 0 Å². The number of para-hydroxylation sites is 2. The van der Waals surface area contributed by atoms with E-state index >= 15 is 0 Å². The summed E-state index contributed by atoms with van der Waals surface area (Å²) in [6, 6.07) is 108. The van der Waals surface area contributed by atoms with Crippen molar-refractivity contribution in [3.05, 3.63) is 307 Å². The Hall–Kier alpha value is -10.8. The lowest BCUT2D eigenvalue weighted by Gasteiger charge is -2.47. The van der Waals surface area contributed by atoms with E-state index in [-0.39, 0.29) is 35.1 Å². The van der Waals surface area contributed by atoms with Crippen molar-refractivity contribution in [2.24, 2.45) is 0 Å². The van der Waals surface area contributed by atoms with E-state index in [0.717, 1.165) is 118 Å². The minimum absolute atomic E-state index is 0.0287. The highest BCUT2D eigenvalue weighted by atomic mass is 16.5. The number of hydrogen-bond donors (Lipinski definition) is 0. The molecule has 0 bridgehead atoms. The van der Waals surface area contributed by atoms with Gasteiger partial charge in [0.05, 0.1) is 11.4 Å². The van der Waals surface area contributed by atoms with Crippen LogP contribution in [0.2, 0.25) is 0 Å². The van der Waals surface area contributed by atoms with Crippen LogP contribution in [-0.2, 0) is 21.7 Å². The number of rotatable bonds is 8. The molecule has 0 saturated carbocycles. The lowest BCUT2D eigenvalue weighted by Crippen LogP contribution is -2.64. The van der Waals surface area contributed by atoms with Crippen molar-refractivity contribution < 1.29 is 4.74 Å². The molecule has 13 aromatic rings. The second kappa shape index (κ2) is 23.4. The first-order valence-corrected chi connectivity index (χ1v) is 35.7. The van der Waals surface area contributed by atoms with Gasteiger partial charge >= 0.3 is 0 Å². The molecule has 486 valence electrons. The first kappa shape index (κ1) is 62.7. The number of benzene rings is 13. The Morgan fingerprint density at radius 1 is 0.240 bits per heavy atom. The summed E-state index contributed by atoms with van der Waals surface area (Å²) in [6.45, 7) is 27.7. The molecule has 0 aromatic heterocycles. The summed E-state index contributed by atoms with van der Waals surface area (Å²) in [6.07, 6.45) is 0. The molecule has 0 saturated heterocycles. The van der Waals surface area contributed by atoms with Gasteiger partial charge in [0.1, 0.15) is 11.5 Å². The second-order valence-electron chi connectivity index (χ2n) is 32.1. The zero-order valence-corrected chi connectivity index (χ0v) is 59.5. The Bertz CT molecular complexity index is 5260. The third-order valence-electron chi connectivity index (χ3n) is 21.5. The first-order chi connectivity index (χ1) is 48.2. The maximum absolute atomic E-state index is 8.02. The van der Waals surface area contributed by atoms with Gasteiger partial charge in [0.25, 0.3) is 13.4 Å². The third kappa shape index (κ3) is 10.4. The van der Waals surface area contributed by atoms with Crippen molar-refractivity contribution >= 4 is 97.4 Å². The SMILES string of the molecule is CC(C)(C)c1ccc(N2c3cc(C(C)(C)C)ccc3B3c4cc5c(cc4N(c4c(-c6ccccc6)cccc4-c4ccccc4)c4cc(C(C)(C)C)cc2c43)Oc2cc(-c3ccccc3)cc3c2B5c2ccc(C(C)(C)C)cc2N3c2c(-c3ccccc3)cccc2-c2ccccc2)cc1. The van der Waals surface area contributed by atoms with Gasteiger partial charge in [-0.05, 0) is 159 Å². The highest BCUT2D eigenvalue weighted by molar-refractivity contribution is 7.02. The topological polar surface area (TPSA) is 19.0 Å². The molecule has 4 heterocycles. The molecular weight excluding hydrogens is 1210 g/mol. The van der Waals surface area contributed by atoms with Crippen LogP contribution in [0.5, 0.6) is 11.5 Å². The molecule has 0 spiro atoms. The van der Waals surface area contributed by atoms with E-state index in [2.05, 4.69) is 383 Å². The molecule has 4 nitrogen and oxygen atoms in total. The van der Waals surface area contributed by atoms with Crippen LogP contribution in [0, 0.1) is 0 Å². The minimum Gasteiger partial charge on any atom is -0.458 e. The van der Waals surface area contributed by atoms with Gasteiger partial charge < -0.3 is 19.4 Å². The summed E-state index contributed by atoms with van der Waals surface area (Å²) in [5, 5.41) is 0. The van der Waals surface area contributed by atoms with Gasteiger partial charge in [0.15, 0.2) is 0 Å². The Labute approximate surface area is 592 Å². The van der Waals surface area contributed by atoms with Gasteiger partial charge in [-0.1, -0.05) is 314 Å². The number of fused-ring (bicyclic) bond motifs is 8. The first-order valence-electron chi connectivity index (χ1n) is 35.7. The minimum atomic E-state index is -0.251. The Morgan fingerprint density at radius 3 is 1.03 bits per heavy atom. The van der Waals surface area contributed by atoms with Gasteiger partial charge in [0, 0.05) is 68.1 Å². The molecule has 0 N–H and O–H groups in total. The van der Waals surface area contributed by atoms with Crippen LogP contribution in [0.1, 0.15) is 105 Å². The van der Waals surface area contributed by atoms with E-state index in [1.54, 1.807) is 0 Å². The molecule has 0 atom stereocenters. The Morgan fingerprint density at radius 2 is 0.600 bits per heavy atom. The molecule has 0 fully saturated rings. The second-order valence-corrected chi connectivity index (χ2v) is 32.1. The summed E-state index contributed by atoms with van der Waals surface area (Å²) in [5.41, 5.74) is 33.5. The molecule has 4 aliphatic rings. The largest absolute Gasteiger partial charge is 0.458 e. The maximum Gasteiger partial charge on any atom is 0.256 e. The van der Waals surface area contributed by atoms with E-state index in [4.69, 9.17) is 4.74 Å². The van der Waals surface area contributed by atoms with E-state index in [1.807, 2.05) is 0 Å². The standard InChI is InChI=1S/C94H83B2N3O/c1-91(2,3)66-44-48-70(49-45-66)97-79-54-67(92(4,5)6)46-50-75(79)95-77-58-78-85(59-81(77)99(84-57-69(94(10,11)12)56-83(97)87(84)95)90-73(63-36-24-16-25-37-63)42-29-43-74(90)64-38-26-17-27-39-64)100-86-53-65(60-30-18-13-19-31-60)52-82-88(86)96(78)76-51-47-68(93(7,8)9)55-80(76)98(82)89-71(61-32-20-14-21-33-61)40-28-41-72(89)62-34-22-15-23-35-62/h13-59H,1-12H3. The van der Waals surface area contributed by atoms with Gasteiger partial charge in [-0.25, -0.2) is 0 Å². The number of ether oxygens (including phenoxy) is 1. The fourth-order valence-electron chi connectivity index (χ4n) is 16.2. The van der Waals surface area contributed by atoms with Crippen LogP contribution in [0.4, 0.5) is 51.2 Å². The summed E-state index contributed by atoms with van der Waals surface area (Å²) in [5.74, 6) is 1.70. The number of hydrogen-bond acceptors (Lipinski definition) is 4. The molecule has 0 unspecified atom stereocenters. The molecule has 17 rings (SSSR count). The fraction of sp³-hybridized carbons (Fsp3) is 0.170. The lowest BCUT2D eigenvalue weighted by molar-refractivity contribution is 0.488. The van der Waals surface area contributed by atoms with Crippen LogP contribution in [0.25, 0.3) is 55.6 Å². The van der Waals surface area contributed by atoms with E-state index in [1.165, 1.54) is 55.5 Å². The fourth-order valence-corrected chi connectivity index (χ4v) is 16.2. The molecule has 100 heavy (non-hydrogen) atoms. The van der Waals surface area contributed by atoms with Gasteiger partial charge in [-0.3, -0.25) is 0 Å². The molecule has 6 heteroatoms. The highest BCUT2D eigenvalue weighted by Gasteiger charge is 2.49. The maximum atomic E-state index is 8.02. The molecule has 0 aliphatic carbocycles. The van der Waals surface area contributed by atoms with Crippen LogP contribution >= 0.6 is 0 Å². The summed E-state index contributed by atoms with van der Waals surface area (Å²) in [4.78, 5) is 7.91. The van der Waals surface area contributed by atoms with Crippen molar-refractivity contribution in [2.75, 3.05) is 14.7 Å². The van der Waals surface area contributed by atoms with E-state index < -0.39 is 0 Å². The third-order valence-corrected chi connectivity index (χ3v) is 21.5. The lowest BCUT2D eigenvalue weighted by atomic mass is 9.30. The summed E-state index contributed by atoms with van der Waals surface area (Å²) >= 11 is 0. The smallest absolute Gasteiger partial charge is 0.256 e. The van der Waals surface area contributed by atoms with Crippen molar-refractivity contribution in [3.63, 3.8) is 0 Å². The summed E-state index contributed by atoms with van der Waals surface area (Å²) < 4.78 is 8.02. The Balaban J connectivity index is 1.01.